The van der Waals surface area contributed by atoms with Gasteiger partial charge in [-0.3, -0.25) is 0 Å². The number of H-pyrrole nitrogens is 1. The zero-order valence-corrected chi connectivity index (χ0v) is 8.16. The number of ether oxygens (including phenoxy) is 1. The second-order valence-electron chi connectivity index (χ2n) is 3.10. The summed E-state index contributed by atoms with van der Waals surface area (Å²) in [7, 11) is 0. The minimum absolute atomic E-state index is 0.218. The molecule has 1 heterocycles. The Morgan fingerprint density at radius 2 is 2.38 bits per heavy atom. The Kier molecular flexibility index (Phi) is 4.39. The highest BCUT2D eigenvalue weighted by atomic mass is 16.5. The Balaban J connectivity index is 2.15. The summed E-state index contributed by atoms with van der Waals surface area (Å²) in [4.78, 5) is 0. The van der Waals surface area contributed by atoms with Crippen molar-refractivity contribution in [1.82, 2.24) is 20.6 Å². The first kappa shape index (κ1) is 10.1. The van der Waals surface area contributed by atoms with Gasteiger partial charge in [-0.2, -0.15) is 5.21 Å². The van der Waals surface area contributed by atoms with Gasteiger partial charge < -0.3 is 4.74 Å². The monoisotopic (exact) mass is 184 g/mol. The van der Waals surface area contributed by atoms with Crippen molar-refractivity contribution in [2.45, 2.75) is 32.6 Å². The van der Waals surface area contributed by atoms with Crippen LogP contribution in [-0.4, -0.2) is 33.8 Å². The molecule has 1 N–H and O–H groups in total. The van der Waals surface area contributed by atoms with Crippen molar-refractivity contribution in [3.63, 3.8) is 0 Å². The Hall–Kier alpha value is -0.970. The number of tetrazole rings is 1. The molecule has 5 nitrogen and oxygen atoms in total. The van der Waals surface area contributed by atoms with Crippen molar-refractivity contribution >= 4 is 0 Å². The maximum Gasteiger partial charge on any atom is 0.179 e. The van der Waals surface area contributed by atoms with Crippen molar-refractivity contribution in [2.24, 2.45) is 0 Å². The highest BCUT2D eigenvalue weighted by Crippen LogP contribution is 2.07. The fourth-order valence-electron chi connectivity index (χ4n) is 0.959. The van der Waals surface area contributed by atoms with Crippen LogP contribution in [-0.2, 0) is 4.74 Å². The average Bonchev–Trinajstić information content (AvgIpc) is 2.65. The molecule has 1 unspecified atom stereocenters. The number of unbranched alkanes of at least 4 members (excludes halogenated alkanes) is 1. The van der Waals surface area contributed by atoms with Gasteiger partial charge in [0, 0.05) is 12.5 Å². The molecule has 0 saturated carbocycles. The van der Waals surface area contributed by atoms with E-state index >= 15 is 0 Å². The van der Waals surface area contributed by atoms with E-state index in [0.29, 0.717) is 6.61 Å². The quantitative estimate of drug-likeness (QED) is 0.673. The summed E-state index contributed by atoms with van der Waals surface area (Å²) in [5.74, 6) is 0.937. The fraction of sp³-hybridized carbons (Fsp3) is 0.875. The molecule has 0 saturated heterocycles. The normalized spacial score (nSPS) is 13.1. The van der Waals surface area contributed by atoms with E-state index < -0.39 is 0 Å². The van der Waals surface area contributed by atoms with Crippen LogP contribution in [0.3, 0.4) is 0 Å². The Morgan fingerprint density at radius 1 is 1.54 bits per heavy atom. The summed E-state index contributed by atoms with van der Waals surface area (Å²) in [6.45, 7) is 5.65. The third-order valence-electron chi connectivity index (χ3n) is 1.81. The standard InChI is InChI=1S/C8H16N4O/c1-3-4-5-13-6-7(2)8-9-11-12-10-8/h7H,3-6H2,1-2H3,(H,9,10,11,12). The lowest BCUT2D eigenvalue weighted by atomic mass is 10.2. The van der Waals surface area contributed by atoms with E-state index in [9.17, 15) is 0 Å². The van der Waals surface area contributed by atoms with Crippen molar-refractivity contribution in [1.29, 1.82) is 0 Å². The van der Waals surface area contributed by atoms with Gasteiger partial charge in [0.1, 0.15) is 0 Å². The van der Waals surface area contributed by atoms with E-state index in [1.165, 1.54) is 0 Å². The summed E-state index contributed by atoms with van der Waals surface area (Å²) in [6.07, 6.45) is 2.27. The number of aromatic nitrogens is 4. The highest BCUT2D eigenvalue weighted by Gasteiger charge is 2.09. The van der Waals surface area contributed by atoms with Crippen molar-refractivity contribution in [3.05, 3.63) is 5.82 Å². The Morgan fingerprint density at radius 3 is 3.00 bits per heavy atom. The molecule has 0 aliphatic heterocycles. The molecule has 0 amide bonds. The Labute approximate surface area is 77.9 Å². The van der Waals surface area contributed by atoms with E-state index in [1.54, 1.807) is 0 Å². The number of nitrogens with zero attached hydrogens (tertiary/aromatic N) is 3. The molecule has 13 heavy (non-hydrogen) atoms. The van der Waals surface area contributed by atoms with Crippen LogP contribution in [0.15, 0.2) is 0 Å². The van der Waals surface area contributed by atoms with Crippen LogP contribution < -0.4 is 0 Å². The predicted octanol–water partition coefficient (Wildman–Crippen LogP) is 1.12. The molecule has 5 heteroatoms. The van der Waals surface area contributed by atoms with Crippen LogP contribution in [0, 0.1) is 0 Å². The molecule has 1 rings (SSSR count). The minimum Gasteiger partial charge on any atom is -0.381 e. The van der Waals surface area contributed by atoms with Gasteiger partial charge in [0.25, 0.3) is 0 Å². The number of rotatable bonds is 6. The SMILES string of the molecule is CCCCOCC(C)c1nn[nH]n1. The Bertz CT molecular complexity index is 212. The number of nitrogens with one attached hydrogen (secondary N) is 1. The van der Waals surface area contributed by atoms with Gasteiger partial charge in [0.2, 0.25) is 0 Å². The number of hydrogen-bond donors (Lipinski definition) is 1. The van der Waals surface area contributed by atoms with Gasteiger partial charge in [-0.15, -0.1) is 10.2 Å². The van der Waals surface area contributed by atoms with Crippen LogP contribution in [0.4, 0.5) is 0 Å². The summed E-state index contributed by atoms with van der Waals surface area (Å²) < 4.78 is 5.44. The maximum absolute atomic E-state index is 5.44. The second-order valence-corrected chi connectivity index (χ2v) is 3.10. The lowest BCUT2D eigenvalue weighted by molar-refractivity contribution is 0.119. The van der Waals surface area contributed by atoms with E-state index in [-0.39, 0.29) is 5.92 Å². The van der Waals surface area contributed by atoms with Gasteiger partial charge in [-0.25, -0.2) is 0 Å². The average molecular weight is 184 g/mol. The van der Waals surface area contributed by atoms with Gasteiger partial charge in [-0.05, 0) is 6.42 Å². The third-order valence-corrected chi connectivity index (χ3v) is 1.81. The number of hydrogen-bond acceptors (Lipinski definition) is 4. The third kappa shape index (κ3) is 3.50. The molecule has 1 aromatic rings. The zero-order chi connectivity index (χ0) is 9.52. The molecular weight excluding hydrogens is 168 g/mol. The molecule has 0 aromatic carbocycles. The first-order valence-corrected chi connectivity index (χ1v) is 4.65. The minimum atomic E-state index is 0.218. The molecule has 0 radical (unpaired) electrons. The molecule has 0 spiro atoms. The van der Waals surface area contributed by atoms with E-state index in [2.05, 4.69) is 27.5 Å². The summed E-state index contributed by atoms with van der Waals surface area (Å²) in [6, 6.07) is 0. The van der Waals surface area contributed by atoms with Crippen LogP contribution in [0.1, 0.15) is 38.4 Å². The van der Waals surface area contributed by atoms with Gasteiger partial charge in [0.15, 0.2) is 5.82 Å². The molecule has 74 valence electrons. The number of aromatic amines is 1. The molecule has 0 bridgehead atoms. The van der Waals surface area contributed by atoms with Gasteiger partial charge in [-0.1, -0.05) is 25.5 Å². The van der Waals surface area contributed by atoms with E-state index in [0.717, 1.165) is 25.3 Å². The maximum atomic E-state index is 5.44. The van der Waals surface area contributed by atoms with E-state index in [4.69, 9.17) is 4.74 Å². The summed E-state index contributed by atoms with van der Waals surface area (Å²) in [5, 5.41) is 13.7. The fourth-order valence-corrected chi connectivity index (χ4v) is 0.959. The molecule has 0 fully saturated rings. The lowest BCUT2D eigenvalue weighted by Crippen LogP contribution is -2.07. The zero-order valence-electron chi connectivity index (χ0n) is 8.16. The molecule has 0 aliphatic rings. The highest BCUT2D eigenvalue weighted by molar-refractivity contribution is 4.86. The summed E-state index contributed by atoms with van der Waals surface area (Å²) >= 11 is 0. The van der Waals surface area contributed by atoms with Gasteiger partial charge in [0.05, 0.1) is 6.61 Å². The largest absolute Gasteiger partial charge is 0.381 e. The molecule has 1 atom stereocenters. The first-order valence-electron chi connectivity index (χ1n) is 4.65. The molecule has 0 aliphatic carbocycles. The van der Waals surface area contributed by atoms with E-state index in [1.807, 2.05) is 6.92 Å². The topological polar surface area (TPSA) is 63.7 Å². The smallest absolute Gasteiger partial charge is 0.179 e. The van der Waals surface area contributed by atoms with Crippen LogP contribution in [0.2, 0.25) is 0 Å². The lowest BCUT2D eigenvalue weighted by Gasteiger charge is -2.06. The predicted molar refractivity (Wildman–Crippen MR) is 48.3 cm³/mol. The van der Waals surface area contributed by atoms with Gasteiger partial charge >= 0.3 is 0 Å². The molecule has 1 aromatic heterocycles. The van der Waals surface area contributed by atoms with Crippen LogP contribution in [0.5, 0.6) is 0 Å². The first-order chi connectivity index (χ1) is 6.34. The second kappa shape index (κ2) is 5.64. The molecular formula is C8H16N4O. The summed E-state index contributed by atoms with van der Waals surface area (Å²) in [5.41, 5.74) is 0. The van der Waals surface area contributed by atoms with Crippen molar-refractivity contribution < 1.29 is 4.74 Å². The van der Waals surface area contributed by atoms with Crippen molar-refractivity contribution in [3.8, 4) is 0 Å². The van der Waals surface area contributed by atoms with Crippen LogP contribution in [0.25, 0.3) is 0 Å². The van der Waals surface area contributed by atoms with Crippen LogP contribution >= 0.6 is 0 Å². The van der Waals surface area contributed by atoms with Crippen molar-refractivity contribution in [2.75, 3.05) is 13.2 Å².